The molecule has 0 radical (unpaired) electrons. The summed E-state index contributed by atoms with van der Waals surface area (Å²) in [5, 5.41) is 10.4. The first kappa shape index (κ1) is 21.2. The summed E-state index contributed by atoms with van der Waals surface area (Å²) in [5.41, 5.74) is 0.853. The number of amides is 1. The zero-order valence-corrected chi connectivity index (χ0v) is 16.4. The van der Waals surface area contributed by atoms with Gasteiger partial charge < -0.3 is 19.9 Å². The standard InChI is InChI=1S/C19H26N4O3.ClH/c1-25-16-6-4-15(5-7-16)19-22-18(26-23-19)9-8-17(24)21-12-10-14-3-2-11-20-13-14;/h4-7,14,20H,2-3,8-13H2,1H3,(H,21,24);1H. The van der Waals surface area contributed by atoms with Gasteiger partial charge in [-0.3, -0.25) is 4.79 Å². The van der Waals surface area contributed by atoms with E-state index in [-0.39, 0.29) is 18.3 Å². The maximum Gasteiger partial charge on any atom is 0.227 e. The Morgan fingerprint density at radius 1 is 1.37 bits per heavy atom. The smallest absolute Gasteiger partial charge is 0.227 e. The number of piperidine rings is 1. The van der Waals surface area contributed by atoms with Crippen LogP contribution in [-0.2, 0) is 11.2 Å². The Morgan fingerprint density at radius 3 is 2.89 bits per heavy atom. The lowest BCUT2D eigenvalue weighted by Crippen LogP contribution is -2.33. The molecule has 1 amide bonds. The number of hydrogen-bond acceptors (Lipinski definition) is 6. The molecule has 1 saturated heterocycles. The predicted octanol–water partition coefficient (Wildman–Crippen LogP) is 2.61. The Kier molecular flexibility index (Phi) is 8.54. The molecule has 27 heavy (non-hydrogen) atoms. The second-order valence-corrected chi connectivity index (χ2v) is 6.59. The Balaban J connectivity index is 0.00000261. The molecule has 2 N–H and O–H groups in total. The van der Waals surface area contributed by atoms with E-state index in [1.54, 1.807) is 7.11 Å². The molecule has 0 spiro atoms. The highest BCUT2D eigenvalue weighted by Gasteiger charge is 2.14. The van der Waals surface area contributed by atoms with Crippen molar-refractivity contribution in [1.29, 1.82) is 0 Å². The van der Waals surface area contributed by atoms with Crippen LogP contribution < -0.4 is 15.4 Å². The molecule has 2 heterocycles. The van der Waals surface area contributed by atoms with Gasteiger partial charge in [-0.05, 0) is 62.5 Å². The first-order chi connectivity index (χ1) is 12.7. The third-order valence-corrected chi connectivity index (χ3v) is 4.66. The summed E-state index contributed by atoms with van der Waals surface area (Å²) in [6.07, 6.45) is 4.30. The molecule has 1 atom stereocenters. The van der Waals surface area contributed by atoms with E-state index < -0.39 is 0 Å². The van der Waals surface area contributed by atoms with Crippen LogP contribution in [0.2, 0.25) is 0 Å². The molecule has 1 aliphatic rings. The summed E-state index contributed by atoms with van der Waals surface area (Å²) in [5.74, 6) is 2.47. The number of carbonyl (C=O) groups is 1. The van der Waals surface area contributed by atoms with Gasteiger partial charge in [0.05, 0.1) is 7.11 Å². The molecule has 3 rings (SSSR count). The fourth-order valence-corrected chi connectivity index (χ4v) is 3.11. The molecule has 1 fully saturated rings. The minimum atomic E-state index is 0. The number of methoxy groups -OCH3 is 1. The topological polar surface area (TPSA) is 89.3 Å². The summed E-state index contributed by atoms with van der Waals surface area (Å²) in [7, 11) is 1.62. The fraction of sp³-hybridized carbons (Fsp3) is 0.526. The molecular formula is C19H27ClN4O3. The molecule has 0 bridgehead atoms. The largest absolute Gasteiger partial charge is 0.497 e. The number of aryl methyl sites for hydroxylation is 1. The molecule has 1 unspecified atom stereocenters. The van der Waals surface area contributed by atoms with Gasteiger partial charge in [0, 0.05) is 24.9 Å². The number of benzene rings is 1. The monoisotopic (exact) mass is 394 g/mol. The predicted molar refractivity (Wildman–Crippen MR) is 105 cm³/mol. The molecule has 148 valence electrons. The van der Waals surface area contributed by atoms with Crippen LogP contribution in [0.1, 0.15) is 31.6 Å². The third kappa shape index (κ3) is 6.52. The van der Waals surface area contributed by atoms with Gasteiger partial charge in [-0.1, -0.05) is 5.16 Å². The SMILES string of the molecule is COc1ccc(-c2noc(CCC(=O)NCCC3CCCNC3)n2)cc1.Cl. The average molecular weight is 395 g/mol. The zero-order valence-electron chi connectivity index (χ0n) is 15.6. The normalized spacial score (nSPS) is 16.4. The van der Waals surface area contributed by atoms with E-state index in [1.165, 1.54) is 12.8 Å². The molecule has 0 saturated carbocycles. The van der Waals surface area contributed by atoms with Gasteiger partial charge in [-0.15, -0.1) is 12.4 Å². The van der Waals surface area contributed by atoms with Crippen LogP contribution >= 0.6 is 12.4 Å². The van der Waals surface area contributed by atoms with E-state index >= 15 is 0 Å². The van der Waals surface area contributed by atoms with Crippen molar-refractivity contribution in [3.8, 4) is 17.1 Å². The Morgan fingerprint density at radius 2 is 2.19 bits per heavy atom. The van der Waals surface area contributed by atoms with E-state index in [9.17, 15) is 4.79 Å². The summed E-state index contributed by atoms with van der Waals surface area (Å²) in [6.45, 7) is 2.91. The Bertz CT molecular complexity index is 699. The highest BCUT2D eigenvalue weighted by molar-refractivity contribution is 5.85. The van der Waals surface area contributed by atoms with Crippen molar-refractivity contribution < 1.29 is 14.1 Å². The second kappa shape index (κ2) is 10.9. The van der Waals surface area contributed by atoms with Gasteiger partial charge in [0.2, 0.25) is 17.6 Å². The number of carbonyl (C=O) groups excluding carboxylic acids is 1. The molecule has 7 nitrogen and oxygen atoms in total. The van der Waals surface area contributed by atoms with Crippen LogP contribution in [0.4, 0.5) is 0 Å². The quantitative estimate of drug-likeness (QED) is 0.715. The number of nitrogens with zero attached hydrogens (tertiary/aromatic N) is 2. The number of rotatable bonds is 8. The van der Waals surface area contributed by atoms with E-state index in [2.05, 4.69) is 20.8 Å². The van der Waals surface area contributed by atoms with Crippen LogP contribution in [-0.4, -0.2) is 42.8 Å². The van der Waals surface area contributed by atoms with Crippen LogP contribution in [0.25, 0.3) is 11.4 Å². The van der Waals surface area contributed by atoms with Crippen molar-refractivity contribution >= 4 is 18.3 Å². The Hall–Kier alpha value is -2.12. The maximum absolute atomic E-state index is 12.0. The van der Waals surface area contributed by atoms with Crippen LogP contribution in [0.15, 0.2) is 28.8 Å². The van der Waals surface area contributed by atoms with E-state index in [0.717, 1.165) is 37.4 Å². The van der Waals surface area contributed by atoms with E-state index in [0.29, 0.717) is 30.5 Å². The zero-order chi connectivity index (χ0) is 18.2. The lowest BCUT2D eigenvalue weighted by molar-refractivity contribution is -0.121. The van der Waals surface area contributed by atoms with Crippen molar-refractivity contribution in [2.24, 2.45) is 5.92 Å². The number of aromatic nitrogens is 2. The van der Waals surface area contributed by atoms with Crippen molar-refractivity contribution in [3.63, 3.8) is 0 Å². The summed E-state index contributed by atoms with van der Waals surface area (Å²) in [4.78, 5) is 16.3. The molecule has 1 aromatic heterocycles. The third-order valence-electron chi connectivity index (χ3n) is 4.66. The highest BCUT2D eigenvalue weighted by atomic mass is 35.5. The number of halogens is 1. The van der Waals surface area contributed by atoms with Crippen LogP contribution in [0.5, 0.6) is 5.75 Å². The Labute approximate surface area is 165 Å². The number of hydrogen-bond donors (Lipinski definition) is 2. The first-order valence-corrected chi connectivity index (χ1v) is 9.19. The number of nitrogens with one attached hydrogen (secondary N) is 2. The van der Waals surface area contributed by atoms with E-state index in [1.807, 2.05) is 24.3 Å². The second-order valence-electron chi connectivity index (χ2n) is 6.59. The molecule has 8 heteroatoms. The molecule has 1 aromatic carbocycles. The lowest BCUT2D eigenvalue weighted by atomic mass is 9.96. The highest BCUT2D eigenvalue weighted by Crippen LogP contribution is 2.20. The van der Waals surface area contributed by atoms with Crippen molar-refractivity contribution in [1.82, 2.24) is 20.8 Å². The molecule has 0 aliphatic carbocycles. The van der Waals surface area contributed by atoms with Crippen molar-refractivity contribution in [2.75, 3.05) is 26.7 Å². The van der Waals surface area contributed by atoms with Gasteiger partial charge in [-0.25, -0.2) is 0 Å². The molecular weight excluding hydrogens is 368 g/mol. The fourth-order valence-electron chi connectivity index (χ4n) is 3.11. The first-order valence-electron chi connectivity index (χ1n) is 9.19. The number of ether oxygens (including phenoxy) is 1. The maximum atomic E-state index is 12.0. The summed E-state index contributed by atoms with van der Waals surface area (Å²) < 4.78 is 10.4. The summed E-state index contributed by atoms with van der Waals surface area (Å²) in [6, 6.07) is 7.45. The van der Waals surface area contributed by atoms with Gasteiger partial charge in [0.1, 0.15) is 5.75 Å². The van der Waals surface area contributed by atoms with Crippen LogP contribution in [0.3, 0.4) is 0 Å². The molecule has 2 aromatic rings. The van der Waals surface area contributed by atoms with Gasteiger partial charge >= 0.3 is 0 Å². The van der Waals surface area contributed by atoms with Crippen LogP contribution in [0, 0.1) is 5.92 Å². The minimum absolute atomic E-state index is 0. The minimum Gasteiger partial charge on any atom is -0.497 e. The lowest BCUT2D eigenvalue weighted by Gasteiger charge is -2.22. The van der Waals surface area contributed by atoms with Crippen molar-refractivity contribution in [2.45, 2.75) is 32.1 Å². The van der Waals surface area contributed by atoms with Gasteiger partial charge in [-0.2, -0.15) is 4.98 Å². The molecule has 1 aliphatic heterocycles. The average Bonchev–Trinajstić information content (AvgIpc) is 3.16. The van der Waals surface area contributed by atoms with E-state index in [4.69, 9.17) is 9.26 Å². The van der Waals surface area contributed by atoms with Gasteiger partial charge in [0.25, 0.3) is 0 Å². The summed E-state index contributed by atoms with van der Waals surface area (Å²) >= 11 is 0. The van der Waals surface area contributed by atoms with Crippen molar-refractivity contribution in [3.05, 3.63) is 30.2 Å². The van der Waals surface area contributed by atoms with Gasteiger partial charge in [0.15, 0.2) is 0 Å².